The number of carbonyl (C=O) groups is 1. The van der Waals surface area contributed by atoms with Gasteiger partial charge in [0.1, 0.15) is 0 Å². The van der Waals surface area contributed by atoms with Crippen LogP contribution in [0.1, 0.15) is 38.2 Å². The summed E-state index contributed by atoms with van der Waals surface area (Å²) in [5.41, 5.74) is 6.02. The second kappa shape index (κ2) is 8.32. The molecule has 2 N–H and O–H groups in total. The molecular formula is C24H26N2O3S. The first-order valence-corrected chi connectivity index (χ1v) is 11.1. The molecule has 0 aliphatic rings. The summed E-state index contributed by atoms with van der Waals surface area (Å²) in [4.78, 5) is 12.9. The van der Waals surface area contributed by atoms with Crippen LogP contribution in [0.4, 0.5) is 11.4 Å². The Morgan fingerprint density at radius 3 is 2.13 bits per heavy atom. The first-order valence-electron chi connectivity index (χ1n) is 9.66. The fraction of sp³-hybridized carbons (Fsp3) is 0.208. The molecule has 0 saturated heterocycles. The Morgan fingerprint density at radius 2 is 1.47 bits per heavy atom. The Labute approximate surface area is 178 Å². The molecule has 0 aliphatic carbocycles. The topological polar surface area (TPSA) is 75.3 Å². The monoisotopic (exact) mass is 422 g/mol. The first-order chi connectivity index (χ1) is 14.1. The lowest BCUT2D eigenvalue weighted by molar-refractivity contribution is 0.102. The minimum absolute atomic E-state index is 0.0790. The standard InChI is InChI=1S/C24H26N2O3S/c1-15-11-16(2)13-21(12-15)26-30(28,29)23-14-20(10-9-18(23)4)24(27)25-22-8-6-7-17(3)19(22)5/h6-14,26H,1-5H3,(H,25,27). The zero-order chi connectivity index (χ0) is 22.1. The fourth-order valence-electron chi connectivity index (χ4n) is 3.36. The highest BCUT2D eigenvalue weighted by atomic mass is 32.2. The minimum Gasteiger partial charge on any atom is -0.322 e. The molecule has 5 nitrogen and oxygen atoms in total. The van der Waals surface area contributed by atoms with Crippen LogP contribution < -0.4 is 10.0 Å². The molecule has 3 aromatic rings. The minimum atomic E-state index is -3.85. The van der Waals surface area contributed by atoms with E-state index in [9.17, 15) is 13.2 Å². The van der Waals surface area contributed by atoms with Crippen LogP contribution in [0.3, 0.4) is 0 Å². The quantitative estimate of drug-likeness (QED) is 0.587. The Kier molecular flexibility index (Phi) is 5.99. The van der Waals surface area contributed by atoms with Gasteiger partial charge in [-0.2, -0.15) is 0 Å². The normalized spacial score (nSPS) is 11.2. The molecule has 0 saturated carbocycles. The van der Waals surface area contributed by atoms with Crippen molar-refractivity contribution in [2.45, 2.75) is 39.5 Å². The largest absolute Gasteiger partial charge is 0.322 e. The van der Waals surface area contributed by atoms with Crippen molar-refractivity contribution < 1.29 is 13.2 Å². The predicted molar refractivity (Wildman–Crippen MR) is 122 cm³/mol. The van der Waals surface area contributed by atoms with Crippen molar-refractivity contribution in [3.8, 4) is 0 Å². The average molecular weight is 423 g/mol. The lowest BCUT2D eigenvalue weighted by Crippen LogP contribution is -2.17. The third-order valence-corrected chi connectivity index (χ3v) is 6.59. The van der Waals surface area contributed by atoms with Crippen LogP contribution in [0.5, 0.6) is 0 Å². The smallest absolute Gasteiger partial charge is 0.262 e. The molecule has 0 heterocycles. The second-order valence-corrected chi connectivity index (χ2v) is 9.31. The molecule has 0 atom stereocenters. The van der Waals surface area contributed by atoms with Gasteiger partial charge in [-0.3, -0.25) is 9.52 Å². The highest BCUT2D eigenvalue weighted by Crippen LogP contribution is 2.24. The SMILES string of the molecule is Cc1cc(C)cc(NS(=O)(=O)c2cc(C(=O)Nc3cccc(C)c3C)ccc2C)c1. The highest BCUT2D eigenvalue weighted by molar-refractivity contribution is 7.92. The van der Waals surface area contributed by atoms with Gasteiger partial charge in [0, 0.05) is 16.9 Å². The number of sulfonamides is 1. The number of rotatable bonds is 5. The summed E-state index contributed by atoms with van der Waals surface area (Å²) in [6.45, 7) is 9.44. The molecule has 0 radical (unpaired) electrons. The zero-order valence-electron chi connectivity index (χ0n) is 17.8. The van der Waals surface area contributed by atoms with E-state index in [0.717, 1.165) is 22.3 Å². The molecule has 0 unspecified atom stereocenters. The molecule has 0 fully saturated rings. The molecule has 1 amide bonds. The Bertz CT molecular complexity index is 1210. The predicted octanol–water partition coefficient (Wildman–Crippen LogP) is 5.28. The number of aryl methyl sites for hydroxylation is 4. The van der Waals surface area contributed by atoms with Gasteiger partial charge < -0.3 is 5.32 Å². The summed E-state index contributed by atoms with van der Waals surface area (Å²) in [5, 5.41) is 2.88. The number of hydrogen-bond donors (Lipinski definition) is 2. The Morgan fingerprint density at radius 1 is 0.800 bits per heavy atom. The highest BCUT2D eigenvalue weighted by Gasteiger charge is 2.20. The molecule has 0 bridgehead atoms. The summed E-state index contributed by atoms with van der Waals surface area (Å²) in [7, 11) is -3.85. The summed E-state index contributed by atoms with van der Waals surface area (Å²) < 4.78 is 28.7. The molecule has 3 aromatic carbocycles. The van der Waals surface area contributed by atoms with E-state index in [2.05, 4.69) is 10.0 Å². The van der Waals surface area contributed by atoms with Crippen LogP contribution in [0.25, 0.3) is 0 Å². The van der Waals surface area contributed by atoms with Crippen molar-refractivity contribution in [3.05, 3.63) is 88.0 Å². The first kappa shape index (κ1) is 21.6. The molecule has 0 aromatic heterocycles. The summed E-state index contributed by atoms with van der Waals surface area (Å²) in [6, 6.07) is 15.9. The molecule has 0 spiro atoms. The maximum atomic E-state index is 13.0. The van der Waals surface area contributed by atoms with Crippen LogP contribution in [0, 0.1) is 34.6 Å². The molecular weight excluding hydrogens is 396 g/mol. The third-order valence-electron chi connectivity index (χ3n) is 5.07. The summed E-state index contributed by atoms with van der Waals surface area (Å²) in [5.74, 6) is -0.355. The molecule has 156 valence electrons. The lowest BCUT2D eigenvalue weighted by atomic mass is 10.1. The van der Waals surface area contributed by atoms with Crippen LogP contribution in [-0.4, -0.2) is 14.3 Å². The van der Waals surface area contributed by atoms with Gasteiger partial charge in [-0.05, 0) is 92.8 Å². The Hall–Kier alpha value is -3.12. The van der Waals surface area contributed by atoms with Crippen LogP contribution in [-0.2, 0) is 10.0 Å². The number of benzene rings is 3. The van der Waals surface area contributed by atoms with E-state index in [1.807, 2.05) is 52.0 Å². The van der Waals surface area contributed by atoms with Gasteiger partial charge in [0.25, 0.3) is 15.9 Å². The van der Waals surface area contributed by atoms with Gasteiger partial charge >= 0.3 is 0 Å². The van der Waals surface area contributed by atoms with E-state index < -0.39 is 10.0 Å². The third kappa shape index (κ3) is 4.71. The van der Waals surface area contributed by atoms with Crippen LogP contribution >= 0.6 is 0 Å². The van der Waals surface area contributed by atoms with E-state index in [4.69, 9.17) is 0 Å². The molecule has 0 aliphatic heterocycles. The molecule has 30 heavy (non-hydrogen) atoms. The number of carbonyl (C=O) groups excluding carboxylic acids is 1. The van der Waals surface area contributed by atoms with Gasteiger partial charge in [-0.25, -0.2) is 8.42 Å². The molecule has 3 rings (SSSR count). The van der Waals surface area contributed by atoms with Crippen LogP contribution in [0.15, 0.2) is 59.5 Å². The van der Waals surface area contributed by atoms with Crippen LogP contribution in [0.2, 0.25) is 0 Å². The van der Waals surface area contributed by atoms with E-state index >= 15 is 0 Å². The summed E-state index contributed by atoms with van der Waals surface area (Å²) in [6.07, 6.45) is 0. The van der Waals surface area contributed by atoms with E-state index in [-0.39, 0.29) is 16.4 Å². The van der Waals surface area contributed by atoms with Gasteiger partial charge in [0.15, 0.2) is 0 Å². The molecule has 6 heteroatoms. The van der Waals surface area contributed by atoms with Crippen molar-refractivity contribution in [1.29, 1.82) is 0 Å². The average Bonchev–Trinajstić information content (AvgIpc) is 2.64. The van der Waals surface area contributed by atoms with E-state index in [1.54, 1.807) is 31.2 Å². The summed E-state index contributed by atoms with van der Waals surface area (Å²) >= 11 is 0. The van der Waals surface area contributed by atoms with Crippen molar-refractivity contribution in [3.63, 3.8) is 0 Å². The van der Waals surface area contributed by atoms with Gasteiger partial charge in [0.2, 0.25) is 0 Å². The number of nitrogens with one attached hydrogen (secondary N) is 2. The van der Waals surface area contributed by atoms with Gasteiger partial charge in [0.05, 0.1) is 4.90 Å². The van der Waals surface area contributed by atoms with Crippen molar-refractivity contribution >= 4 is 27.3 Å². The zero-order valence-corrected chi connectivity index (χ0v) is 18.6. The lowest BCUT2D eigenvalue weighted by Gasteiger charge is -2.14. The number of hydrogen-bond acceptors (Lipinski definition) is 3. The fourth-order valence-corrected chi connectivity index (χ4v) is 4.67. The van der Waals surface area contributed by atoms with Crippen molar-refractivity contribution in [2.24, 2.45) is 0 Å². The van der Waals surface area contributed by atoms with Gasteiger partial charge in [-0.1, -0.05) is 24.3 Å². The Balaban J connectivity index is 1.92. The second-order valence-electron chi connectivity index (χ2n) is 7.66. The number of anilines is 2. The van der Waals surface area contributed by atoms with E-state index in [1.165, 1.54) is 6.07 Å². The van der Waals surface area contributed by atoms with E-state index in [0.29, 0.717) is 16.9 Å². The van der Waals surface area contributed by atoms with Crippen molar-refractivity contribution in [2.75, 3.05) is 10.0 Å². The van der Waals surface area contributed by atoms with Gasteiger partial charge in [-0.15, -0.1) is 0 Å². The maximum absolute atomic E-state index is 13.0. The number of amides is 1. The van der Waals surface area contributed by atoms with Crippen molar-refractivity contribution in [1.82, 2.24) is 0 Å². The maximum Gasteiger partial charge on any atom is 0.262 e.